The largest absolute Gasteiger partial charge is 0.437 e. The summed E-state index contributed by atoms with van der Waals surface area (Å²) in [4.78, 5) is 18.8. The maximum atomic E-state index is 12.7. The van der Waals surface area contributed by atoms with E-state index in [4.69, 9.17) is 33.7 Å². The molecule has 138 valence electrons. The number of carbonyl (C=O) groups is 1. The molecule has 1 saturated heterocycles. The van der Waals surface area contributed by atoms with E-state index in [0.717, 1.165) is 19.4 Å². The van der Waals surface area contributed by atoms with Crippen LogP contribution in [0.15, 0.2) is 36.5 Å². The third-order valence-electron chi connectivity index (χ3n) is 4.60. The first kappa shape index (κ1) is 19.0. The van der Waals surface area contributed by atoms with Gasteiger partial charge in [-0.2, -0.15) is 0 Å². The lowest BCUT2D eigenvalue weighted by molar-refractivity contribution is 0.0660. The summed E-state index contributed by atoms with van der Waals surface area (Å²) in [6.45, 7) is 3.43. The van der Waals surface area contributed by atoms with Crippen molar-refractivity contribution in [1.29, 1.82) is 0 Å². The van der Waals surface area contributed by atoms with Gasteiger partial charge in [-0.1, -0.05) is 29.3 Å². The monoisotopic (exact) mass is 393 g/mol. The van der Waals surface area contributed by atoms with Gasteiger partial charge in [0.05, 0.1) is 10.6 Å². The average molecular weight is 394 g/mol. The lowest BCUT2D eigenvalue weighted by atomic mass is 9.92. The molecule has 1 aliphatic heterocycles. The summed E-state index contributed by atoms with van der Waals surface area (Å²) >= 11 is 12.1. The highest BCUT2D eigenvalue weighted by atomic mass is 35.5. The number of rotatable bonds is 4. The number of piperidine rings is 1. The second kappa shape index (κ2) is 8.25. The van der Waals surface area contributed by atoms with E-state index in [1.165, 1.54) is 6.20 Å². The Morgan fingerprint density at radius 1 is 1.35 bits per heavy atom. The zero-order valence-corrected chi connectivity index (χ0v) is 16.0. The summed E-state index contributed by atoms with van der Waals surface area (Å²) in [5, 5.41) is 0.733. The molecule has 0 bridgehead atoms. The van der Waals surface area contributed by atoms with Crippen LogP contribution >= 0.6 is 23.2 Å². The molecular formula is C19H21Cl2N3O2. The van der Waals surface area contributed by atoms with Gasteiger partial charge < -0.3 is 15.4 Å². The minimum absolute atomic E-state index is 0.0322. The third kappa shape index (κ3) is 4.29. The van der Waals surface area contributed by atoms with E-state index >= 15 is 0 Å². The molecular weight excluding hydrogens is 373 g/mol. The Balaban J connectivity index is 1.69. The van der Waals surface area contributed by atoms with Gasteiger partial charge in [-0.05, 0) is 43.9 Å². The minimum atomic E-state index is -0.0322. The standard InChI is InChI=1S/C19H21Cl2N3O2/c1-12(22)14-4-3-9-24(11-14)19(25)13-7-8-17(23-10-13)26-16-6-2-5-15(20)18(16)21/h2,5-8,10,12,14H,3-4,9,11,22H2,1H3. The van der Waals surface area contributed by atoms with Crippen LogP contribution in [0.4, 0.5) is 0 Å². The summed E-state index contributed by atoms with van der Waals surface area (Å²) in [5.41, 5.74) is 6.52. The Labute approximate surface area is 163 Å². The van der Waals surface area contributed by atoms with Gasteiger partial charge in [0.25, 0.3) is 5.91 Å². The molecule has 0 radical (unpaired) electrons. The summed E-state index contributed by atoms with van der Waals surface area (Å²) in [6, 6.07) is 8.57. The van der Waals surface area contributed by atoms with Crippen LogP contribution in [-0.4, -0.2) is 34.9 Å². The quantitative estimate of drug-likeness (QED) is 0.836. The second-order valence-corrected chi connectivity index (χ2v) is 7.34. The minimum Gasteiger partial charge on any atom is -0.437 e. The fourth-order valence-electron chi connectivity index (χ4n) is 3.05. The van der Waals surface area contributed by atoms with Crippen molar-refractivity contribution in [2.75, 3.05) is 13.1 Å². The number of hydrogen-bond acceptors (Lipinski definition) is 4. The van der Waals surface area contributed by atoms with Crippen molar-refractivity contribution in [3.8, 4) is 11.6 Å². The number of ether oxygens (including phenoxy) is 1. The van der Waals surface area contributed by atoms with Gasteiger partial charge in [0.15, 0.2) is 0 Å². The molecule has 5 nitrogen and oxygen atoms in total. The molecule has 2 atom stereocenters. The smallest absolute Gasteiger partial charge is 0.255 e. The van der Waals surface area contributed by atoms with E-state index in [9.17, 15) is 4.79 Å². The van der Waals surface area contributed by atoms with E-state index in [-0.39, 0.29) is 11.9 Å². The number of amides is 1. The molecule has 7 heteroatoms. The SMILES string of the molecule is CC(N)C1CCCN(C(=O)c2ccc(Oc3cccc(Cl)c3Cl)nc2)C1. The number of carbonyl (C=O) groups excluding carboxylic acids is 1. The van der Waals surface area contributed by atoms with Crippen molar-refractivity contribution < 1.29 is 9.53 Å². The Kier molecular flexibility index (Phi) is 6.01. The molecule has 0 spiro atoms. The highest BCUT2D eigenvalue weighted by Crippen LogP contribution is 2.34. The molecule has 2 aromatic rings. The van der Waals surface area contributed by atoms with Crippen molar-refractivity contribution in [1.82, 2.24) is 9.88 Å². The maximum Gasteiger partial charge on any atom is 0.255 e. The van der Waals surface area contributed by atoms with Crippen LogP contribution in [0.5, 0.6) is 11.6 Å². The second-order valence-electron chi connectivity index (χ2n) is 6.55. The Bertz CT molecular complexity index is 781. The molecule has 26 heavy (non-hydrogen) atoms. The highest BCUT2D eigenvalue weighted by molar-refractivity contribution is 6.42. The molecule has 2 N–H and O–H groups in total. The van der Waals surface area contributed by atoms with Crippen molar-refractivity contribution >= 4 is 29.1 Å². The predicted octanol–water partition coefficient (Wildman–Crippen LogP) is 4.38. The number of aromatic nitrogens is 1. The van der Waals surface area contributed by atoms with Gasteiger partial charge in [-0.3, -0.25) is 4.79 Å². The van der Waals surface area contributed by atoms with E-state index in [2.05, 4.69) is 4.98 Å². The molecule has 1 fully saturated rings. The Morgan fingerprint density at radius 2 is 2.15 bits per heavy atom. The molecule has 0 aliphatic carbocycles. The zero-order valence-electron chi connectivity index (χ0n) is 14.5. The van der Waals surface area contributed by atoms with Gasteiger partial charge in [0.2, 0.25) is 5.88 Å². The van der Waals surface area contributed by atoms with E-state index in [1.54, 1.807) is 30.3 Å². The number of hydrogen-bond donors (Lipinski definition) is 1. The number of benzene rings is 1. The Morgan fingerprint density at radius 3 is 2.85 bits per heavy atom. The number of nitrogens with zero attached hydrogens (tertiary/aromatic N) is 2. The van der Waals surface area contributed by atoms with E-state index < -0.39 is 0 Å². The summed E-state index contributed by atoms with van der Waals surface area (Å²) in [7, 11) is 0. The van der Waals surface area contributed by atoms with Crippen LogP contribution in [0.25, 0.3) is 0 Å². The van der Waals surface area contributed by atoms with E-state index in [0.29, 0.717) is 39.7 Å². The lowest BCUT2D eigenvalue weighted by Gasteiger charge is -2.34. The molecule has 2 unspecified atom stereocenters. The predicted molar refractivity (Wildman–Crippen MR) is 103 cm³/mol. The van der Waals surface area contributed by atoms with E-state index in [1.807, 2.05) is 11.8 Å². The van der Waals surface area contributed by atoms with Gasteiger partial charge >= 0.3 is 0 Å². The molecule has 1 amide bonds. The van der Waals surface area contributed by atoms with Crippen LogP contribution in [-0.2, 0) is 0 Å². The van der Waals surface area contributed by atoms with Gasteiger partial charge in [-0.25, -0.2) is 4.98 Å². The molecule has 1 aliphatic rings. The van der Waals surface area contributed by atoms with Crippen molar-refractivity contribution in [3.63, 3.8) is 0 Å². The topological polar surface area (TPSA) is 68.5 Å². The van der Waals surface area contributed by atoms with Crippen LogP contribution in [0.3, 0.4) is 0 Å². The Hall–Kier alpha value is -1.82. The average Bonchev–Trinajstić information content (AvgIpc) is 2.65. The zero-order chi connectivity index (χ0) is 18.7. The molecule has 3 rings (SSSR count). The number of likely N-dealkylation sites (tertiary alicyclic amines) is 1. The van der Waals surface area contributed by atoms with Crippen molar-refractivity contribution in [2.24, 2.45) is 11.7 Å². The van der Waals surface area contributed by atoms with Gasteiger partial charge in [0, 0.05) is 31.4 Å². The first-order chi connectivity index (χ1) is 12.5. The first-order valence-corrected chi connectivity index (χ1v) is 9.34. The molecule has 1 aromatic heterocycles. The fourth-order valence-corrected chi connectivity index (χ4v) is 3.38. The third-order valence-corrected chi connectivity index (χ3v) is 5.40. The summed E-state index contributed by atoms with van der Waals surface area (Å²) < 4.78 is 5.65. The fraction of sp³-hybridized carbons (Fsp3) is 0.368. The normalized spacial score (nSPS) is 18.5. The summed E-state index contributed by atoms with van der Waals surface area (Å²) in [6.07, 6.45) is 3.55. The highest BCUT2D eigenvalue weighted by Gasteiger charge is 2.26. The number of halogens is 2. The maximum absolute atomic E-state index is 12.7. The number of pyridine rings is 1. The first-order valence-electron chi connectivity index (χ1n) is 8.58. The summed E-state index contributed by atoms with van der Waals surface area (Å²) in [5.74, 6) is 1.07. The van der Waals surface area contributed by atoms with Crippen molar-refractivity contribution in [3.05, 3.63) is 52.1 Å². The van der Waals surface area contributed by atoms with Crippen LogP contribution < -0.4 is 10.5 Å². The number of nitrogens with two attached hydrogens (primary N) is 1. The van der Waals surface area contributed by atoms with Crippen molar-refractivity contribution in [2.45, 2.75) is 25.8 Å². The lowest BCUT2D eigenvalue weighted by Crippen LogP contribution is -2.45. The van der Waals surface area contributed by atoms with Crippen LogP contribution in [0.1, 0.15) is 30.1 Å². The van der Waals surface area contributed by atoms with Crippen LogP contribution in [0.2, 0.25) is 10.0 Å². The van der Waals surface area contributed by atoms with Gasteiger partial charge in [-0.15, -0.1) is 0 Å². The van der Waals surface area contributed by atoms with Gasteiger partial charge in [0.1, 0.15) is 10.8 Å². The molecule has 1 aromatic carbocycles. The molecule has 2 heterocycles. The molecule has 0 saturated carbocycles. The van der Waals surface area contributed by atoms with Crippen LogP contribution in [0, 0.1) is 5.92 Å².